The van der Waals surface area contributed by atoms with E-state index in [0.29, 0.717) is 13.0 Å². The Morgan fingerprint density at radius 3 is 2.57 bits per heavy atom. The second-order valence-electron chi connectivity index (χ2n) is 10.9. The molecule has 11 heteroatoms. The molecule has 10 nitrogen and oxygen atoms in total. The third kappa shape index (κ3) is 5.22. The van der Waals surface area contributed by atoms with Crippen LogP contribution < -0.4 is 34.7 Å². The molecule has 3 saturated heterocycles. The minimum absolute atomic E-state index is 0. The number of amides is 1. The molecule has 0 bridgehead atoms. The fraction of sp³-hybridized carbons (Fsp3) is 0.654. The van der Waals surface area contributed by atoms with Crippen LogP contribution in [0.15, 0.2) is 30.0 Å². The number of nitrogens with zero attached hydrogens (tertiary/aromatic N) is 2. The number of ether oxygens (including phenoxy) is 4. The van der Waals surface area contributed by atoms with E-state index in [0.717, 1.165) is 19.0 Å². The average molecular weight is 525 g/mol. The van der Waals surface area contributed by atoms with Gasteiger partial charge in [0.05, 0.1) is 43.4 Å². The quantitative estimate of drug-likeness (QED) is 0.248. The molecule has 1 aliphatic carbocycles. The zero-order valence-electron chi connectivity index (χ0n) is 22.1. The molecular weight excluding hydrogens is 491 g/mol. The molecule has 1 aromatic rings. The molecule has 1 aromatic heterocycles. The second kappa shape index (κ2) is 10.2. The van der Waals surface area contributed by atoms with E-state index in [1.165, 1.54) is 22.6 Å². The molecule has 6 atom stereocenters. The molecule has 3 aliphatic heterocycles. The molecule has 1 amide bonds. The number of β-amino-alcohol motifs (C(OH)–C–C–N with tert-alkyl or cyclic N) is 1. The number of carboxylic acid groups (broad SMARTS) is 1. The monoisotopic (exact) mass is 524 g/mol. The van der Waals surface area contributed by atoms with Gasteiger partial charge in [0.25, 0.3) is 0 Å². The second-order valence-corrected chi connectivity index (χ2v) is 10.9. The van der Waals surface area contributed by atoms with Gasteiger partial charge in [-0.1, -0.05) is 11.6 Å². The van der Waals surface area contributed by atoms with Gasteiger partial charge in [-0.2, -0.15) is 0 Å². The van der Waals surface area contributed by atoms with Gasteiger partial charge < -0.3 is 38.9 Å². The van der Waals surface area contributed by atoms with Gasteiger partial charge in [-0.15, -0.1) is 0 Å². The zero-order valence-corrected chi connectivity index (χ0v) is 24.1. The van der Waals surface area contributed by atoms with Crippen molar-refractivity contribution in [3.63, 3.8) is 0 Å². The van der Waals surface area contributed by atoms with Gasteiger partial charge in [-0.3, -0.25) is 4.98 Å². The van der Waals surface area contributed by atoms with Crippen LogP contribution in [-0.4, -0.2) is 83.4 Å². The van der Waals surface area contributed by atoms with E-state index < -0.39 is 29.4 Å². The van der Waals surface area contributed by atoms with E-state index in [9.17, 15) is 19.8 Å². The van der Waals surface area contributed by atoms with Crippen LogP contribution in [0.2, 0.25) is 0 Å². The fourth-order valence-corrected chi connectivity index (χ4v) is 5.94. The molecule has 0 aromatic carbocycles. The Hall–Kier alpha value is -1.53. The summed E-state index contributed by atoms with van der Waals surface area (Å²) in [4.78, 5) is 29.3. The Balaban J connectivity index is 0.00000320. The number of likely N-dealkylation sites (tertiary alicyclic amines) is 1. The first kappa shape index (κ1) is 28.5. The number of rotatable bonds is 7. The minimum Gasteiger partial charge on any atom is -0.545 e. The van der Waals surface area contributed by atoms with Crippen molar-refractivity contribution in [2.75, 3.05) is 26.8 Å². The molecule has 0 radical (unpaired) electrons. The summed E-state index contributed by atoms with van der Waals surface area (Å²) in [5.41, 5.74) is -0.642. The molecule has 5 rings (SSSR count). The van der Waals surface area contributed by atoms with Crippen molar-refractivity contribution in [1.29, 1.82) is 0 Å². The predicted octanol–water partition coefficient (Wildman–Crippen LogP) is -1.83. The SMILES string of the molecule is CO[C@@H]1[C@H](OC(=O)N2CC(O)(c3ccc(C(=O)[O-])cn3)C2)CC[C@]2(CO2)[C@H]1[C@@]1(C)O[C@@H]1CC=C(C)C.[Na+]. The standard InChI is InChI=1S/C26H34N2O8.Na/c1-15(2)5-8-19-24(3,36-19)21-20(33-4)17(9-10-26(21)14-34-26)35-23(31)28-12-25(32,13-28)18-7-6-16(11-27-18)22(29)30;/h5-7,11,17,19-21,32H,8-10,12-14H2,1-4H3,(H,29,30);/q;+1/p-1/t17-,19-,20-,21-,24+,26+;/m1./s1. The van der Waals surface area contributed by atoms with Gasteiger partial charge in [0.2, 0.25) is 0 Å². The molecule has 1 spiro atoms. The van der Waals surface area contributed by atoms with E-state index in [4.69, 9.17) is 18.9 Å². The van der Waals surface area contributed by atoms with Gasteiger partial charge in [-0.05, 0) is 52.2 Å². The number of allylic oxidation sites excluding steroid dienone is 1. The molecule has 196 valence electrons. The maximum Gasteiger partial charge on any atom is 1.00 e. The van der Waals surface area contributed by atoms with Crippen molar-refractivity contribution in [1.82, 2.24) is 9.88 Å². The molecule has 1 N–H and O–H groups in total. The first-order chi connectivity index (χ1) is 17.0. The topological polar surface area (TPSA) is 137 Å². The van der Waals surface area contributed by atoms with Gasteiger partial charge in [-0.25, -0.2) is 4.79 Å². The summed E-state index contributed by atoms with van der Waals surface area (Å²) in [7, 11) is 1.63. The first-order valence-electron chi connectivity index (χ1n) is 12.3. The van der Waals surface area contributed by atoms with E-state index in [2.05, 4.69) is 31.8 Å². The third-order valence-electron chi connectivity index (χ3n) is 8.13. The van der Waals surface area contributed by atoms with Crippen LogP contribution in [0.4, 0.5) is 4.79 Å². The van der Waals surface area contributed by atoms with Crippen LogP contribution in [0.25, 0.3) is 0 Å². The number of pyridine rings is 1. The molecule has 1 saturated carbocycles. The summed E-state index contributed by atoms with van der Waals surface area (Å²) in [6.07, 6.45) is 4.16. The Morgan fingerprint density at radius 2 is 2.03 bits per heavy atom. The van der Waals surface area contributed by atoms with Crippen molar-refractivity contribution >= 4 is 12.1 Å². The van der Waals surface area contributed by atoms with Crippen molar-refractivity contribution in [2.45, 2.75) is 75.1 Å². The number of aromatic carboxylic acids is 1. The van der Waals surface area contributed by atoms with Crippen LogP contribution in [-0.2, 0) is 24.5 Å². The summed E-state index contributed by atoms with van der Waals surface area (Å²) in [5, 5.41) is 21.8. The summed E-state index contributed by atoms with van der Waals surface area (Å²) >= 11 is 0. The van der Waals surface area contributed by atoms with Crippen LogP contribution in [0.5, 0.6) is 0 Å². The molecule has 37 heavy (non-hydrogen) atoms. The maximum atomic E-state index is 13.0. The maximum absolute atomic E-state index is 13.0. The van der Waals surface area contributed by atoms with Crippen molar-refractivity contribution in [3.05, 3.63) is 41.2 Å². The normalized spacial score (nSPS) is 35.1. The Kier molecular flexibility index (Phi) is 7.87. The Morgan fingerprint density at radius 1 is 1.32 bits per heavy atom. The number of carbonyl (C=O) groups excluding carboxylic acids is 2. The number of methoxy groups -OCH3 is 1. The number of carboxylic acids is 1. The van der Waals surface area contributed by atoms with E-state index >= 15 is 0 Å². The third-order valence-corrected chi connectivity index (χ3v) is 8.13. The van der Waals surface area contributed by atoms with Gasteiger partial charge in [0.1, 0.15) is 29.0 Å². The average Bonchev–Trinajstić information content (AvgIpc) is 3.73. The smallest absolute Gasteiger partial charge is 0.545 e. The zero-order chi connectivity index (χ0) is 25.9. The number of carbonyl (C=O) groups is 2. The molecule has 0 unspecified atom stereocenters. The number of hydrogen-bond acceptors (Lipinski definition) is 9. The number of epoxide rings is 2. The van der Waals surface area contributed by atoms with Crippen molar-refractivity contribution < 1.29 is 68.3 Å². The minimum atomic E-state index is -1.36. The largest absolute Gasteiger partial charge is 1.00 e. The van der Waals surface area contributed by atoms with Crippen LogP contribution >= 0.6 is 0 Å². The van der Waals surface area contributed by atoms with E-state index in [1.54, 1.807) is 7.11 Å². The van der Waals surface area contributed by atoms with Gasteiger partial charge in [0, 0.05) is 18.9 Å². The number of aliphatic hydroxyl groups is 1. The molecule has 4 fully saturated rings. The van der Waals surface area contributed by atoms with Crippen LogP contribution in [0, 0.1) is 5.92 Å². The first-order valence-corrected chi connectivity index (χ1v) is 12.3. The molecular formula is C26H33N2NaO8. The van der Waals surface area contributed by atoms with Gasteiger partial charge >= 0.3 is 35.7 Å². The molecule has 4 heterocycles. The summed E-state index contributed by atoms with van der Waals surface area (Å²) in [5.74, 6) is -1.41. The van der Waals surface area contributed by atoms with E-state index in [1.807, 2.05) is 0 Å². The predicted molar refractivity (Wildman–Crippen MR) is 124 cm³/mol. The summed E-state index contributed by atoms with van der Waals surface area (Å²) in [6.45, 7) is 6.86. The number of aromatic nitrogens is 1. The van der Waals surface area contributed by atoms with E-state index in [-0.39, 0.29) is 77.6 Å². The Bertz CT molecular complexity index is 1060. The summed E-state index contributed by atoms with van der Waals surface area (Å²) < 4.78 is 24.0. The van der Waals surface area contributed by atoms with Crippen molar-refractivity contribution in [3.8, 4) is 0 Å². The Labute approximate surface area is 238 Å². The summed E-state index contributed by atoms with van der Waals surface area (Å²) in [6, 6.07) is 2.75. The van der Waals surface area contributed by atoms with Crippen molar-refractivity contribution in [2.24, 2.45) is 5.92 Å². The molecule has 4 aliphatic rings. The van der Waals surface area contributed by atoms with Gasteiger partial charge in [0.15, 0.2) is 0 Å². The fourth-order valence-electron chi connectivity index (χ4n) is 5.94. The van der Waals surface area contributed by atoms with Crippen LogP contribution in [0.1, 0.15) is 56.1 Å². The number of hydrogen-bond donors (Lipinski definition) is 1. The van der Waals surface area contributed by atoms with Crippen LogP contribution in [0.3, 0.4) is 0 Å².